The van der Waals surface area contributed by atoms with Crippen LogP contribution in [0.25, 0.3) is 0 Å². The molecule has 2 fully saturated rings. The largest absolute Gasteiger partial charge is 0.443 e. The number of benzene rings is 2. The fourth-order valence-electron chi connectivity index (χ4n) is 4.69. The molecule has 9 heteroatoms. The number of hydrogen-bond acceptors (Lipinski definition) is 7. The number of halogens is 2. The number of nitrogens with zero attached hydrogens (tertiary/aromatic N) is 3. The molecule has 2 saturated heterocycles. The molecular formula is C23H16Cl2N4O2S. The van der Waals surface area contributed by atoms with E-state index in [0.29, 0.717) is 16.1 Å². The van der Waals surface area contributed by atoms with Crippen LogP contribution in [-0.4, -0.2) is 12.2 Å². The van der Waals surface area contributed by atoms with E-state index in [4.69, 9.17) is 38.1 Å². The van der Waals surface area contributed by atoms with Crippen LogP contribution in [-0.2, 0) is 15.3 Å². The van der Waals surface area contributed by atoms with E-state index >= 15 is 0 Å². The average molecular weight is 483 g/mol. The van der Waals surface area contributed by atoms with E-state index in [-0.39, 0.29) is 5.02 Å². The zero-order valence-electron chi connectivity index (χ0n) is 17.0. The lowest BCUT2D eigenvalue weighted by Gasteiger charge is -2.49. The highest BCUT2D eigenvalue weighted by Gasteiger charge is 2.80. The van der Waals surface area contributed by atoms with Gasteiger partial charge in [-0.15, -0.1) is 11.8 Å². The molecule has 2 aromatic carbocycles. The third-order valence-corrected chi connectivity index (χ3v) is 7.69. The van der Waals surface area contributed by atoms with E-state index in [9.17, 15) is 15.8 Å². The maximum absolute atomic E-state index is 10.3. The lowest BCUT2D eigenvalue weighted by atomic mass is 9.53. The molecule has 2 aliphatic rings. The monoisotopic (exact) mass is 482 g/mol. The van der Waals surface area contributed by atoms with Crippen LogP contribution < -0.4 is 0 Å². The van der Waals surface area contributed by atoms with E-state index in [1.165, 1.54) is 6.07 Å². The van der Waals surface area contributed by atoms with Crippen molar-refractivity contribution in [2.75, 3.05) is 6.26 Å². The minimum Gasteiger partial charge on any atom is -0.443 e. The van der Waals surface area contributed by atoms with Crippen LogP contribution >= 0.6 is 35.0 Å². The Balaban J connectivity index is 2.03. The summed E-state index contributed by atoms with van der Waals surface area (Å²) in [6.07, 6.45) is 0.749. The van der Waals surface area contributed by atoms with Crippen LogP contribution in [0.4, 0.5) is 0 Å². The molecule has 1 N–H and O–H groups in total. The fourth-order valence-corrected chi connectivity index (χ4v) is 5.64. The average Bonchev–Trinajstić information content (AvgIpc) is 2.95. The first-order valence-electron chi connectivity index (χ1n) is 9.55. The molecule has 0 radical (unpaired) electrons. The molecule has 6 nitrogen and oxygen atoms in total. The van der Waals surface area contributed by atoms with Gasteiger partial charge in [0, 0.05) is 15.5 Å². The van der Waals surface area contributed by atoms with Crippen LogP contribution in [0.1, 0.15) is 24.2 Å². The van der Waals surface area contributed by atoms with Gasteiger partial charge in [0.25, 0.3) is 0 Å². The van der Waals surface area contributed by atoms with Crippen LogP contribution in [0, 0.1) is 56.2 Å². The molecule has 4 rings (SSSR count). The van der Waals surface area contributed by atoms with Crippen LogP contribution in [0.2, 0.25) is 10.0 Å². The van der Waals surface area contributed by atoms with E-state index in [0.717, 1.165) is 4.90 Å². The molecule has 0 amide bonds. The summed E-state index contributed by atoms with van der Waals surface area (Å²) in [5.41, 5.74) is -3.03. The SMILES string of the molecule is CSc1ccc(C2OC3(c4ccc(Cl)cc4Cl)OC(=N)C(C#N)(C3C)C2(C#N)C#N)cc1. The fraction of sp³-hybridized carbons (Fsp3) is 0.304. The van der Waals surface area contributed by atoms with Crippen molar-refractivity contribution in [1.82, 2.24) is 0 Å². The number of rotatable bonds is 3. The van der Waals surface area contributed by atoms with Gasteiger partial charge in [0.15, 0.2) is 5.41 Å². The van der Waals surface area contributed by atoms with Crippen molar-refractivity contribution in [3.05, 3.63) is 63.6 Å². The van der Waals surface area contributed by atoms with Gasteiger partial charge in [-0.1, -0.05) is 42.3 Å². The lowest BCUT2D eigenvalue weighted by molar-refractivity contribution is -0.288. The molecule has 2 bridgehead atoms. The summed E-state index contributed by atoms with van der Waals surface area (Å²) in [6.45, 7) is 1.63. The van der Waals surface area contributed by atoms with Crippen molar-refractivity contribution in [3.63, 3.8) is 0 Å². The van der Waals surface area contributed by atoms with E-state index < -0.39 is 34.5 Å². The van der Waals surface area contributed by atoms with Gasteiger partial charge in [0.05, 0.1) is 29.1 Å². The summed E-state index contributed by atoms with van der Waals surface area (Å²) < 4.78 is 12.4. The first kappa shape index (κ1) is 22.5. The molecule has 0 saturated carbocycles. The molecule has 4 atom stereocenters. The molecule has 2 heterocycles. The summed E-state index contributed by atoms with van der Waals surface area (Å²) >= 11 is 14.1. The normalized spacial score (nSPS) is 30.0. The highest BCUT2D eigenvalue weighted by Crippen LogP contribution is 2.69. The van der Waals surface area contributed by atoms with Crippen LogP contribution in [0.15, 0.2) is 47.4 Å². The molecule has 2 aliphatic heterocycles. The molecule has 0 aromatic heterocycles. The number of hydrogen-bond donors (Lipinski definition) is 1. The van der Waals surface area contributed by atoms with Crippen molar-refractivity contribution >= 4 is 40.9 Å². The van der Waals surface area contributed by atoms with E-state index in [1.54, 1.807) is 43.0 Å². The summed E-state index contributed by atoms with van der Waals surface area (Å²) in [5, 5.41) is 40.1. The van der Waals surface area contributed by atoms with Crippen molar-refractivity contribution in [1.29, 1.82) is 21.2 Å². The minimum absolute atomic E-state index is 0.226. The topological polar surface area (TPSA) is 114 Å². The van der Waals surface area contributed by atoms with Gasteiger partial charge < -0.3 is 9.47 Å². The zero-order valence-corrected chi connectivity index (χ0v) is 19.3. The van der Waals surface area contributed by atoms with Crippen LogP contribution in [0.5, 0.6) is 0 Å². The minimum atomic E-state index is -2.03. The van der Waals surface area contributed by atoms with Crippen molar-refractivity contribution in [2.24, 2.45) is 16.7 Å². The van der Waals surface area contributed by atoms with Crippen LogP contribution in [0.3, 0.4) is 0 Å². The number of thioether (sulfide) groups is 1. The summed E-state index contributed by atoms with van der Waals surface area (Å²) in [4.78, 5) is 0.981. The second-order valence-electron chi connectivity index (χ2n) is 7.67. The molecule has 2 aromatic rings. The predicted molar refractivity (Wildman–Crippen MR) is 120 cm³/mol. The van der Waals surface area contributed by atoms with Gasteiger partial charge in [-0.2, -0.15) is 15.8 Å². The number of ether oxygens (including phenoxy) is 2. The molecule has 0 spiro atoms. The second kappa shape index (κ2) is 7.69. The highest BCUT2D eigenvalue weighted by molar-refractivity contribution is 7.98. The third-order valence-electron chi connectivity index (χ3n) is 6.39. The highest BCUT2D eigenvalue weighted by atomic mass is 35.5. The third kappa shape index (κ3) is 2.65. The first-order valence-corrected chi connectivity index (χ1v) is 11.5. The summed E-state index contributed by atoms with van der Waals surface area (Å²) in [6, 6.07) is 18.1. The second-order valence-corrected chi connectivity index (χ2v) is 9.39. The zero-order chi connectivity index (χ0) is 23.3. The quantitative estimate of drug-likeness (QED) is 0.550. The van der Waals surface area contributed by atoms with Gasteiger partial charge in [-0.25, -0.2) is 0 Å². The van der Waals surface area contributed by atoms with Gasteiger partial charge in [0.2, 0.25) is 17.1 Å². The Bertz CT molecular complexity index is 1230. The maximum Gasteiger partial charge on any atom is 0.245 e. The predicted octanol–water partition coefficient (Wildman–Crippen LogP) is 5.83. The Hall–Kier alpha value is -2.73. The smallest absolute Gasteiger partial charge is 0.245 e. The maximum atomic E-state index is 10.3. The Labute approximate surface area is 199 Å². The number of fused-ring (bicyclic) bond motifs is 2. The van der Waals surface area contributed by atoms with Gasteiger partial charge in [-0.05, 0) is 42.2 Å². The standard InChI is InChI=1S/C23H16Cl2N4O2S/c1-13-22(12-28)20(29)31-23(13,17-8-5-15(24)9-18(17)25)30-19(21(22,10-26)11-27)14-3-6-16(32-2)7-4-14/h3-9,13,19,29H,1-2H3. The molecule has 32 heavy (non-hydrogen) atoms. The molecule has 0 aliphatic carbocycles. The van der Waals surface area contributed by atoms with E-state index in [2.05, 4.69) is 6.07 Å². The first-order chi connectivity index (χ1) is 15.3. The van der Waals surface area contributed by atoms with Gasteiger partial charge in [-0.3, -0.25) is 5.41 Å². The number of nitriles is 3. The van der Waals surface area contributed by atoms with Crippen molar-refractivity contribution < 1.29 is 9.47 Å². The van der Waals surface area contributed by atoms with Crippen molar-refractivity contribution in [2.45, 2.75) is 23.7 Å². The summed E-state index contributed by atoms with van der Waals surface area (Å²) in [7, 11) is 0. The molecule has 160 valence electrons. The van der Waals surface area contributed by atoms with Crippen molar-refractivity contribution in [3.8, 4) is 18.2 Å². The summed E-state index contributed by atoms with van der Waals surface area (Å²) in [5.74, 6) is -3.05. The Morgan fingerprint density at radius 3 is 2.22 bits per heavy atom. The Morgan fingerprint density at radius 2 is 1.69 bits per heavy atom. The Morgan fingerprint density at radius 1 is 1.03 bits per heavy atom. The van der Waals surface area contributed by atoms with E-state index in [1.807, 2.05) is 30.5 Å². The Kier molecular flexibility index (Phi) is 5.40. The lowest BCUT2D eigenvalue weighted by Crippen LogP contribution is -2.57. The number of nitrogens with one attached hydrogen (secondary N) is 1. The molecule has 4 unspecified atom stereocenters. The van der Waals surface area contributed by atoms with Gasteiger partial charge in [0.1, 0.15) is 6.10 Å². The molecular weight excluding hydrogens is 467 g/mol. The van der Waals surface area contributed by atoms with Gasteiger partial charge >= 0.3 is 0 Å².